The minimum Gasteiger partial charge on any atom is -0.336 e. The smallest absolute Gasteiger partial charge is 0.267 e. The fourth-order valence-corrected chi connectivity index (χ4v) is 2.58. The molecule has 0 atom stereocenters. The molecular formula is C12H17N5OS. The molecule has 6 nitrogen and oxygen atoms in total. The van der Waals surface area contributed by atoms with Gasteiger partial charge >= 0.3 is 0 Å². The first-order valence-electron chi connectivity index (χ1n) is 5.95. The molecule has 0 bridgehead atoms. The van der Waals surface area contributed by atoms with Crippen molar-refractivity contribution in [2.45, 2.75) is 32.7 Å². The Morgan fingerprint density at radius 3 is 2.79 bits per heavy atom. The summed E-state index contributed by atoms with van der Waals surface area (Å²) in [6, 6.07) is 0. The van der Waals surface area contributed by atoms with Crippen molar-refractivity contribution in [2.24, 2.45) is 0 Å². The van der Waals surface area contributed by atoms with Gasteiger partial charge in [-0.1, -0.05) is 25.3 Å². The number of nitrogens with one attached hydrogen (secondary N) is 1. The van der Waals surface area contributed by atoms with Gasteiger partial charge in [-0.15, -0.1) is 5.10 Å². The van der Waals surface area contributed by atoms with Crippen molar-refractivity contribution < 1.29 is 4.79 Å². The van der Waals surface area contributed by atoms with E-state index in [1.54, 1.807) is 24.3 Å². The number of carbonyl (C=O) groups excluding carboxylic acids is 1. The van der Waals surface area contributed by atoms with Crippen molar-refractivity contribution in [3.05, 3.63) is 28.5 Å². The second-order valence-corrected chi connectivity index (χ2v) is 6.22. The minimum atomic E-state index is -0.186. The quantitative estimate of drug-likeness (QED) is 0.930. The highest BCUT2D eigenvalue weighted by Gasteiger charge is 2.27. The van der Waals surface area contributed by atoms with Gasteiger partial charge in [-0.05, 0) is 11.5 Å². The van der Waals surface area contributed by atoms with Crippen LogP contribution in [-0.4, -0.2) is 37.6 Å². The van der Waals surface area contributed by atoms with E-state index in [0.717, 1.165) is 22.8 Å². The molecular weight excluding hydrogens is 262 g/mol. The molecule has 102 valence electrons. The summed E-state index contributed by atoms with van der Waals surface area (Å²) in [6.07, 6.45) is 3.48. The molecule has 0 aliphatic rings. The molecule has 2 aromatic rings. The third-order valence-electron chi connectivity index (χ3n) is 2.71. The van der Waals surface area contributed by atoms with Gasteiger partial charge < -0.3 is 4.90 Å². The van der Waals surface area contributed by atoms with Gasteiger partial charge in [0.15, 0.2) is 0 Å². The molecule has 0 unspecified atom stereocenters. The summed E-state index contributed by atoms with van der Waals surface area (Å²) in [4.78, 5) is 14.7. The van der Waals surface area contributed by atoms with Crippen LogP contribution >= 0.6 is 11.5 Å². The number of rotatable bonds is 3. The monoisotopic (exact) mass is 279 g/mol. The third kappa shape index (κ3) is 2.98. The SMILES string of the molecule is CN(Cc1cn[nH]c1)C(=O)c1snnc1C(C)(C)C. The van der Waals surface area contributed by atoms with Crippen molar-refractivity contribution in [2.75, 3.05) is 7.05 Å². The zero-order valence-electron chi connectivity index (χ0n) is 11.5. The molecule has 0 radical (unpaired) electrons. The Morgan fingerprint density at radius 1 is 1.47 bits per heavy atom. The van der Waals surface area contributed by atoms with E-state index in [1.807, 2.05) is 20.8 Å². The predicted molar refractivity (Wildman–Crippen MR) is 73.0 cm³/mol. The summed E-state index contributed by atoms with van der Waals surface area (Å²) in [5.41, 5.74) is 1.53. The maximum absolute atomic E-state index is 12.4. The second-order valence-electron chi connectivity index (χ2n) is 5.47. The first-order valence-corrected chi connectivity index (χ1v) is 6.73. The molecule has 7 heteroatoms. The molecule has 1 amide bonds. The summed E-state index contributed by atoms with van der Waals surface area (Å²) in [5, 5.41) is 10.7. The zero-order valence-corrected chi connectivity index (χ0v) is 12.3. The molecule has 2 heterocycles. The fourth-order valence-electron chi connectivity index (χ4n) is 1.70. The largest absolute Gasteiger partial charge is 0.336 e. The molecule has 0 spiro atoms. The summed E-state index contributed by atoms with van der Waals surface area (Å²) in [5.74, 6) is -0.0545. The standard InChI is InChI=1S/C12H17N5OS/c1-12(2,3)10-9(19-16-15-10)11(18)17(4)7-8-5-13-14-6-8/h5-6H,7H2,1-4H3,(H,13,14). The van der Waals surface area contributed by atoms with Crippen LogP contribution in [0.4, 0.5) is 0 Å². The molecule has 0 fully saturated rings. The van der Waals surface area contributed by atoms with Gasteiger partial charge in [-0.25, -0.2) is 0 Å². The van der Waals surface area contributed by atoms with E-state index in [9.17, 15) is 4.79 Å². The zero-order chi connectivity index (χ0) is 14.0. The van der Waals surface area contributed by atoms with Crippen LogP contribution in [0.25, 0.3) is 0 Å². The minimum absolute atomic E-state index is 0.0545. The Morgan fingerprint density at radius 2 is 2.21 bits per heavy atom. The lowest BCUT2D eigenvalue weighted by atomic mass is 9.91. The van der Waals surface area contributed by atoms with Gasteiger partial charge in [0, 0.05) is 30.8 Å². The molecule has 0 aliphatic carbocycles. The molecule has 0 saturated carbocycles. The number of carbonyl (C=O) groups is 1. The number of hydrogen-bond donors (Lipinski definition) is 1. The van der Waals surface area contributed by atoms with Gasteiger partial charge in [0.05, 0.1) is 11.9 Å². The van der Waals surface area contributed by atoms with Crippen molar-refractivity contribution in [1.29, 1.82) is 0 Å². The van der Waals surface area contributed by atoms with Crippen LogP contribution in [0.3, 0.4) is 0 Å². The van der Waals surface area contributed by atoms with Crippen LogP contribution in [0.5, 0.6) is 0 Å². The Balaban J connectivity index is 2.18. The number of hydrogen-bond acceptors (Lipinski definition) is 5. The molecule has 19 heavy (non-hydrogen) atoms. The molecule has 1 N–H and O–H groups in total. The molecule has 0 aromatic carbocycles. The van der Waals surface area contributed by atoms with Crippen LogP contribution in [0, 0.1) is 0 Å². The molecule has 0 aliphatic heterocycles. The number of aromatic nitrogens is 4. The summed E-state index contributed by atoms with van der Waals surface area (Å²) in [7, 11) is 1.77. The lowest BCUT2D eigenvalue weighted by Gasteiger charge is -2.19. The third-order valence-corrected chi connectivity index (χ3v) is 3.43. The predicted octanol–water partition coefficient (Wildman–Crippen LogP) is 1.83. The number of nitrogens with zero attached hydrogens (tertiary/aromatic N) is 4. The first kappa shape index (κ1) is 13.7. The highest BCUT2D eigenvalue weighted by molar-refractivity contribution is 7.08. The van der Waals surface area contributed by atoms with Gasteiger partial charge in [-0.3, -0.25) is 9.89 Å². The van der Waals surface area contributed by atoms with Crippen molar-refractivity contribution in [1.82, 2.24) is 24.7 Å². The maximum Gasteiger partial charge on any atom is 0.267 e. The highest BCUT2D eigenvalue weighted by Crippen LogP contribution is 2.26. The van der Waals surface area contributed by atoms with E-state index in [2.05, 4.69) is 19.8 Å². The fraction of sp³-hybridized carbons (Fsp3) is 0.500. The molecule has 0 saturated heterocycles. The van der Waals surface area contributed by atoms with E-state index in [-0.39, 0.29) is 11.3 Å². The average Bonchev–Trinajstić information content (AvgIpc) is 2.96. The normalized spacial score (nSPS) is 11.6. The Labute approximate surface area is 116 Å². The Hall–Kier alpha value is -1.76. The first-order chi connectivity index (χ1) is 8.89. The lowest BCUT2D eigenvalue weighted by Crippen LogP contribution is -2.28. The van der Waals surface area contributed by atoms with Crippen LogP contribution in [-0.2, 0) is 12.0 Å². The van der Waals surface area contributed by atoms with Crippen molar-refractivity contribution in [3.8, 4) is 0 Å². The second kappa shape index (κ2) is 5.08. The lowest BCUT2D eigenvalue weighted by molar-refractivity contribution is 0.0787. The van der Waals surface area contributed by atoms with Crippen LogP contribution in [0.2, 0.25) is 0 Å². The maximum atomic E-state index is 12.4. The van der Waals surface area contributed by atoms with Crippen molar-refractivity contribution >= 4 is 17.4 Å². The summed E-state index contributed by atoms with van der Waals surface area (Å²) in [6.45, 7) is 6.58. The van der Waals surface area contributed by atoms with E-state index in [1.165, 1.54) is 0 Å². The average molecular weight is 279 g/mol. The number of amides is 1. The van der Waals surface area contributed by atoms with Gasteiger partial charge in [0.2, 0.25) is 0 Å². The Kier molecular flexibility index (Phi) is 3.66. The summed E-state index contributed by atoms with van der Waals surface area (Å²) >= 11 is 1.15. The van der Waals surface area contributed by atoms with Crippen LogP contribution in [0.15, 0.2) is 12.4 Å². The van der Waals surface area contributed by atoms with Gasteiger partial charge in [0.25, 0.3) is 5.91 Å². The Bertz CT molecular complexity index is 555. The number of H-pyrrole nitrogens is 1. The van der Waals surface area contributed by atoms with E-state index >= 15 is 0 Å². The molecule has 2 aromatic heterocycles. The van der Waals surface area contributed by atoms with Crippen LogP contribution in [0.1, 0.15) is 41.7 Å². The topological polar surface area (TPSA) is 74.8 Å². The molecule has 2 rings (SSSR count). The van der Waals surface area contributed by atoms with Crippen LogP contribution < -0.4 is 0 Å². The van der Waals surface area contributed by atoms with Crippen molar-refractivity contribution in [3.63, 3.8) is 0 Å². The van der Waals surface area contributed by atoms with E-state index < -0.39 is 0 Å². The van der Waals surface area contributed by atoms with Gasteiger partial charge in [-0.2, -0.15) is 5.10 Å². The van der Waals surface area contributed by atoms with E-state index in [4.69, 9.17) is 0 Å². The summed E-state index contributed by atoms with van der Waals surface area (Å²) < 4.78 is 3.91. The van der Waals surface area contributed by atoms with E-state index in [0.29, 0.717) is 11.4 Å². The highest BCUT2D eigenvalue weighted by atomic mass is 32.1. The van der Waals surface area contributed by atoms with Gasteiger partial charge in [0.1, 0.15) is 4.88 Å². The number of aromatic amines is 1.